The van der Waals surface area contributed by atoms with E-state index in [0.717, 1.165) is 19.4 Å². The number of hydrogen-bond donors (Lipinski definition) is 0. The van der Waals surface area contributed by atoms with Crippen molar-refractivity contribution >= 4 is 0 Å². The van der Waals surface area contributed by atoms with Crippen LogP contribution in [0.2, 0.25) is 0 Å². The Morgan fingerprint density at radius 1 is 1.27 bits per heavy atom. The van der Waals surface area contributed by atoms with Gasteiger partial charge in [-0.25, -0.2) is 0 Å². The molecule has 0 aromatic rings. The molecule has 0 aliphatic carbocycles. The highest BCUT2D eigenvalue weighted by Gasteiger charge is 2.44. The van der Waals surface area contributed by atoms with Crippen LogP contribution in [0.1, 0.15) is 54.4 Å². The quantitative estimate of drug-likeness (QED) is 0.714. The third kappa shape index (κ3) is 2.94. The third-order valence-corrected chi connectivity index (χ3v) is 3.21. The predicted molar refractivity (Wildman–Crippen MR) is 62.8 cm³/mol. The minimum absolute atomic E-state index is 0.126. The van der Waals surface area contributed by atoms with Crippen LogP contribution >= 0.6 is 0 Å². The molecule has 1 rings (SSSR count). The molecule has 0 saturated carbocycles. The lowest BCUT2D eigenvalue weighted by molar-refractivity contribution is -0.330. The Kier molecular flexibility index (Phi) is 3.83. The Morgan fingerprint density at radius 2 is 1.87 bits per heavy atom. The Labute approximate surface area is 94.3 Å². The van der Waals surface area contributed by atoms with Crippen LogP contribution in [0.4, 0.5) is 0 Å². The fourth-order valence-electron chi connectivity index (χ4n) is 2.51. The zero-order valence-corrected chi connectivity index (χ0v) is 11.1. The minimum atomic E-state index is -0.362. The summed E-state index contributed by atoms with van der Waals surface area (Å²) in [6.45, 7) is 13.9. The maximum Gasteiger partial charge on any atom is 0.165 e. The molecule has 1 aliphatic rings. The van der Waals surface area contributed by atoms with E-state index in [1.807, 2.05) is 0 Å². The fraction of sp³-hybridized carbons (Fsp3) is 1.00. The summed E-state index contributed by atoms with van der Waals surface area (Å²) in [5, 5.41) is 0. The molecule has 0 aromatic heterocycles. The Morgan fingerprint density at radius 3 is 2.33 bits per heavy atom. The standard InChI is InChI=1S/C13H26O2/c1-7-8-13(6)14-9-12(4,5)11(15-13)10(2)3/h10-11H,7-9H2,1-6H3. The van der Waals surface area contributed by atoms with E-state index in [-0.39, 0.29) is 11.2 Å². The van der Waals surface area contributed by atoms with Crippen molar-refractivity contribution in [3.8, 4) is 0 Å². The van der Waals surface area contributed by atoms with Crippen LogP contribution in [0.3, 0.4) is 0 Å². The van der Waals surface area contributed by atoms with Crippen LogP contribution < -0.4 is 0 Å². The topological polar surface area (TPSA) is 18.5 Å². The van der Waals surface area contributed by atoms with Crippen molar-refractivity contribution in [2.45, 2.75) is 66.3 Å². The zero-order chi connectivity index (χ0) is 11.7. The molecule has 0 N–H and O–H groups in total. The number of rotatable bonds is 3. The van der Waals surface area contributed by atoms with Crippen molar-refractivity contribution in [3.05, 3.63) is 0 Å². The summed E-state index contributed by atoms with van der Waals surface area (Å²) in [6.07, 6.45) is 2.37. The molecular weight excluding hydrogens is 188 g/mol. The molecule has 2 unspecified atom stereocenters. The summed E-state index contributed by atoms with van der Waals surface area (Å²) in [5.41, 5.74) is 0.126. The van der Waals surface area contributed by atoms with Crippen molar-refractivity contribution in [2.24, 2.45) is 11.3 Å². The second-order valence-corrected chi connectivity index (χ2v) is 5.94. The van der Waals surface area contributed by atoms with Gasteiger partial charge in [0.25, 0.3) is 0 Å². The van der Waals surface area contributed by atoms with Crippen LogP contribution in [0, 0.1) is 11.3 Å². The van der Waals surface area contributed by atoms with E-state index in [0.29, 0.717) is 12.0 Å². The molecule has 15 heavy (non-hydrogen) atoms. The van der Waals surface area contributed by atoms with Crippen LogP contribution in [0.25, 0.3) is 0 Å². The highest BCUT2D eigenvalue weighted by Crippen LogP contribution is 2.40. The molecule has 0 amide bonds. The van der Waals surface area contributed by atoms with Gasteiger partial charge >= 0.3 is 0 Å². The van der Waals surface area contributed by atoms with Crippen LogP contribution in [0.15, 0.2) is 0 Å². The van der Waals surface area contributed by atoms with Gasteiger partial charge in [-0.1, -0.05) is 41.0 Å². The average molecular weight is 214 g/mol. The van der Waals surface area contributed by atoms with E-state index >= 15 is 0 Å². The lowest BCUT2D eigenvalue weighted by Crippen LogP contribution is -2.53. The van der Waals surface area contributed by atoms with Crippen molar-refractivity contribution in [1.82, 2.24) is 0 Å². The first-order chi connectivity index (χ1) is 6.81. The van der Waals surface area contributed by atoms with E-state index in [9.17, 15) is 0 Å². The minimum Gasteiger partial charge on any atom is -0.350 e. The summed E-state index contributed by atoms with van der Waals surface area (Å²) in [7, 11) is 0. The molecule has 0 radical (unpaired) electrons. The van der Waals surface area contributed by atoms with Crippen molar-refractivity contribution in [2.75, 3.05) is 6.61 Å². The van der Waals surface area contributed by atoms with Gasteiger partial charge in [-0.2, -0.15) is 0 Å². The maximum atomic E-state index is 6.17. The normalized spacial score (nSPS) is 35.8. The summed E-state index contributed by atoms with van der Waals surface area (Å²) in [5.74, 6) is 0.180. The molecule has 90 valence electrons. The summed E-state index contributed by atoms with van der Waals surface area (Å²) in [4.78, 5) is 0. The van der Waals surface area contributed by atoms with Gasteiger partial charge in [0.1, 0.15) is 0 Å². The lowest BCUT2D eigenvalue weighted by atomic mass is 9.80. The van der Waals surface area contributed by atoms with E-state index in [2.05, 4.69) is 41.5 Å². The van der Waals surface area contributed by atoms with Gasteiger partial charge in [-0.3, -0.25) is 0 Å². The van der Waals surface area contributed by atoms with Crippen molar-refractivity contribution in [3.63, 3.8) is 0 Å². The molecule has 2 heteroatoms. The van der Waals surface area contributed by atoms with Gasteiger partial charge in [0.05, 0.1) is 12.7 Å². The van der Waals surface area contributed by atoms with Crippen LogP contribution in [0.5, 0.6) is 0 Å². The van der Waals surface area contributed by atoms with Crippen LogP contribution in [-0.4, -0.2) is 18.5 Å². The SMILES string of the molecule is CCCC1(C)OCC(C)(C)C(C(C)C)O1. The number of ether oxygens (including phenoxy) is 2. The molecule has 1 aliphatic heterocycles. The van der Waals surface area contributed by atoms with E-state index in [4.69, 9.17) is 9.47 Å². The molecule has 0 aromatic carbocycles. The molecule has 1 saturated heterocycles. The first-order valence-electron chi connectivity index (χ1n) is 6.12. The van der Waals surface area contributed by atoms with E-state index in [1.165, 1.54) is 0 Å². The van der Waals surface area contributed by atoms with Crippen molar-refractivity contribution < 1.29 is 9.47 Å². The van der Waals surface area contributed by atoms with E-state index < -0.39 is 0 Å². The van der Waals surface area contributed by atoms with Gasteiger partial charge < -0.3 is 9.47 Å². The monoisotopic (exact) mass is 214 g/mol. The van der Waals surface area contributed by atoms with Crippen LogP contribution in [-0.2, 0) is 9.47 Å². The lowest BCUT2D eigenvalue weighted by Gasteiger charge is -2.49. The number of hydrogen-bond acceptors (Lipinski definition) is 2. The largest absolute Gasteiger partial charge is 0.350 e. The molecule has 1 heterocycles. The highest BCUT2D eigenvalue weighted by molar-refractivity contribution is 4.87. The Balaban J connectivity index is 2.74. The maximum absolute atomic E-state index is 6.17. The van der Waals surface area contributed by atoms with Gasteiger partial charge in [-0.05, 0) is 12.8 Å². The zero-order valence-electron chi connectivity index (χ0n) is 11.1. The molecular formula is C13H26O2. The predicted octanol–water partition coefficient (Wildman–Crippen LogP) is 3.60. The average Bonchev–Trinajstić information content (AvgIpc) is 2.10. The Hall–Kier alpha value is -0.0800. The van der Waals surface area contributed by atoms with Crippen molar-refractivity contribution in [1.29, 1.82) is 0 Å². The molecule has 0 bridgehead atoms. The van der Waals surface area contributed by atoms with Gasteiger partial charge in [-0.15, -0.1) is 0 Å². The third-order valence-electron chi connectivity index (χ3n) is 3.21. The summed E-state index contributed by atoms with van der Waals surface area (Å²) >= 11 is 0. The highest BCUT2D eigenvalue weighted by atomic mass is 16.7. The van der Waals surface area contributed by atoms with Gasteiger partial charge in [0.15, 0.2) is 5.79 Å². The van der Waals surface area contributed by atoms with Gasteiger partial charge in [0, 0.05) is 11.8 Å². The first-order valence-corrected chi connectivity index (χ1v) is 6.12. The molecule has 0 spiro atoms. The summed E-state index contributed by atoms with van der Waals surface area (Å²) in [6, 6.07) is 0. The molecule has 1 fully saturated rings. The molecule has 2 atom stereocenters. The van der Waals surface area contributed by atoms with Gasteiger partial charge in [0.2, 0.25) is 0 Å². The Bertz CT molecular complexity index is 211. The fourth-order valence-corrected chi connectivity index (χ4v) is 2.51. The molecule has 2 nitrogen and oxygen atoms in total. The second kappa shape index (κ2) is 4.42. The second-order valence-electron chi connectivity index (χ2n) is 5.94. The van der Waals surface area contributed by atoms with E-state index in [1.54, 1.807) is 0 Å². The first kappa shape index (κ1) is 13.0. The summed E-state index contributed by atoms with van der Waals surface area (Å²) < 4.78 is 12.0. The smallest absolute Gasteiger partial charge is 0.165 e.